The van der Waals surface area contributed by atoms with E-state index in [2.05, 4.69) is 5.32 Å². The maximum atomic E-state index is 12.4. The Labute approximate surface area is 148 Å². The lowest BCUT2D eigenvalue weighted by Crippen LogP contribution is -2.22. The third-order valence-corrected chi connectivity index (χ3v) is 4.78. The molecule has 0 radical (unpaired) electrons. The van der Waals surface area contributed by atoms with E-state index in [4.69, 9.17) is 16.3 Å². The highest BCUT2D eigenvalue weighted by atomic mass is 35.5. The number of carbonyl (C=O) groups excluding carboxylic acids is 1. The average Bonchev–Trinajstić information content (AvgIpc) is 2.56. The number of benzene rings is 2. The van der Waals surface area contributed by atoms with Gasteiger partial charge in [0.2, 0.25) is 5.91 Å². The Kier molecular flexibility index (Phi) is 6.05. The van der Waals surface area contributed by atoms with E-state index in [1.165, 1.54) is 37.1 Å². The molecule has 0 aliphatic rings. The van der Waals surface area contributed by atoms with Crippen LogP contribution in [0.1, 0.15) is 6.92 Å². The first-order valence-electron chi connectivity index (χ1n) is 6.97. The van der Waals surface area contributed by atoms with Gasteiger partial charge < -0.3 is 10.1 Å². The summed E-state index contributed by atoms with van der Waals surface area (Å²) in [5.74, 6) is 0.0441. The number of rotatable bonds is 6. The lowest BCUT2D eigenvalue weighted by atomic mass is 10.2. The van der Waals surface area contributed by atoms with Gasteiger partial charge in [0.15, 0.2) is 0 Å². The Balaban J connectivity index is 2.15. The number of halogens is 1. The molecule has 0 heterocycles. The first-order valence-corrected chi connectivity index (χ1v) is 8.22. The molecule has 1 N–H and O–H groups in total. The Morgan fingerprint density at radius 2 is 2.04 bits per heavy atom. The van der Waals surface area contributed by atoms with Crippen LogP contribution in [0.5, 0.6) is 5.75 Å². The van der Waals surface area contributed by atoms with Gasteiger partial charge in [0.1, 0.15) is 5.75 Å². The van der Waals surface area contributed by atoms with E-state index in [0.717, 1.165) is 4.90 Å². The number of nitro groups is 1. The molecule has 1 unspecified atom stereocenters. The normalized spacial score (nSPS) is 11.6. The van der Waals surface area contributed by atoms with E-state index in [1.54, 1.807) is 13.0 Å². The van der Waals surface area contributed by atoms with Crippen LogP contribution < -0.4 is 10.1 Å². The van der Waals surface area contributed by atoms with Crippen LogP contribution in [0.15, 0.2) is 47.4 Å². The topological polar surface area (TPSA) is 81.5 Å². The van der Waals surface area contributed by atoms with Gasteiger partial charge in [0, 0.05) is 17.0 Å². The molecule has 0 saturated carbocycles. The summed E-state index contributed by atoms with van der Waals surface area (Å²) >= 11 is 7.39. The summed E-state index contributed by atoms with van der Waals surface area (Å²) < 4.78 is 5.13. The minimum Gasteiger partial charge on any atom is -0.495 e. The van der Waals surface area contributed by atoms with Crippen molar-refractivity contribution in [2.45, 2.75) is 17.1 Å². The molecule has 0 aromatic heterocycles. The molecule has 2 rings (SSSR count). The summed E-state index contributed by atoms with van der Waals surface area (Å²) in [6.07, 6.45) is 0. The van der Waals surface area contributed by atoms with Gasteiger partial charge in [-0.25, -0.2) is 0 Å². The van der Waals surface area contributed by atoms with Crippen molar-refractivity contribution in [2.24, 2.45) is 0 Å². The zero-order valence-electron chi connectivity index (χ0n) is 13.0. The Morgan fingerprint density at radius 3 is 2.67 bits per heavy atom. The largest absolute Gasteiger partial charge is 0.495 e. The van der Waals surface area contributed by atoms with Crippen LogP contribution in [0.2, 0.25) is 5.02 Å². The van der Waals surface area contributed by atoms with Gasteiger partial charge in [-0.2, -0.15) is 0 Å². The fourth-order valence-electron chi connectivity index (χ4n) is 1.93. The summed E-state index contributed by atoms with van der Waals surface area (Å²) in [6, 6.07) is 11.2. The molecule has 0 aliphatic carbocycles. The lowest BCUT2D eigenvalue weighted by molar-refractivity contribution is -0.384. The van der Waals surface area contributed by atoms with Crippen LogP contribution in [0.3, 0.4) is 0 Å². The summed E-state index contributed by atoms with van der Waals surface area (Å²) in [4.78, 5) is 23.5. The van der Waals surface area contributed by atoms with Crippen molar-refractivity contribution in [2.75, 3.05) is 12.4 Å². The number of thioether (sulfide) groups is 1. The first kappa shape index (κ1) is 18.1. The Bertz CT molecular complexity index is 769. The lowest BCUT2D eigenvalue weighted by Gasteiger charge is -2.14. The van der Waals surface area contributed by atoms with Gasteiger partial charge in [-0.1, -0.05) is 23.7 Å². The second-order valence-electron chi connectivity index (χ2n) is 4.82. The zero-order chi connectivity index (χ0) is 17.7. The summed E-state index contributed by atoms with van der Waals surface area (Å²) in [5, 5.41) is 13.7. The molecule has 1 amide bonds. The number of non-ortho nitro benzene ring substituents is 1. The molecule has 126 valence electrons. The van der Waals surface area contributed by atoms with Crippen molar-refractivity contribution in [3.05, 3.63) is 57.6 Å². The first-order chi connectivity index (χ1) is 11.4. The fourth-order valence-corrected chi connectivity index (χ4v) is 3.08. The van der Waals surface area contributed by atoms with Gasteiger partial charge in [-0.3, -0.25) is 14.9 Å². The molecule has 1 atom stereocenters. The van der Waals surface area contributed by atoms with Crippen LogP contribution in [0.25, 0.3) is 0 Å². The molecule has 8 heteroatoms. The van der Waals surface area contributed by atoms with Crippen molar-refractivity contribution >= 4 is 40.6 Å². The fraction of sp³-hybridized carbons (Fsp3) is 0.188. The van der Waals surface area contributed by atoms with E-state index < -0.39 is 10.2 Å². The zero-order valence-corrected chi connectivity index (χ0v) is 14.6. The number of amides is 1. The maximum absolute atomic E-state index is 12.4. The maximum Gasteiger partial charge on any atom is 0.271 e. The standard InChI is InChI=1S/C16H15ClN2O4S/c1-10(24-15-6-4-3-5-12(15)17)16(20)18-13-9-11(19(21)22)7-8-14(13)23-2/h3-10H,1-2H3,(H,18,20). The number of nitrogens with zero attached hydrogens (tertiary/aromatic N) is 1. The molecule has 2 aromatic rings. The predicted molar refractivity (Wildman–Crippen MR) is 95.0 cm³/mol. The quantitative estimate of drug-likeness (QED) is 0.466. The van der Waals surface area contributed by atoms with Crippen molar-refractivity contribution < 1.29 is 14.5 Å². The highest BCUT2D eigenvalue weighted by molar-refractivity contribution is 8.00. The molecule has 0 bridgehead atoms. The molecular formula is C16H15ClN2O4S. The van der Waals surface area contributed by atoms with Crippen molar-refractivity contribution in [1.29, 1.82) is 0 Å². The Morgan fingerprint density at radius 1 is 1.33 bits per heavy atom. The van der Waals surface area contributed by atoms with E-state index in [1.807, 2.05) is 18.2 Å². The second-order valence-corrected chi connectivity index (χ2v) is 6.61. The number of hydrogen-bond donors (Lipinski definition) is 1. The van der Waals surface area contributed by atoms with Crippen LogP contribution in [0, 0.1) is 10.1 Å². The number of nitrogens with one attached hydrogen (secondary N) is 1. The molecule has 0 fully saturated rings. The number of hydrogen-bond acceptors (Lipinski definition) is 5. The number of methoxy groups -OCH3 is 1. The van der Waals surface area contributed by atoms with Gasteiger partial charge in [0.25, 0.3) is 5.69 Å². The summed E-state index contributed by atoms with van der Waals surface area (Å²) in [6.45, 7) is 1.73. The van der Waals surface area contributed by atoms with Crippen LogP contribution in [-0.4, -0.2) is 23.2 Å². The van der Waals surface area contributed by atoms with Gasteiger partial charge in [0.05, 0.1) is 28.0 Å². The van der Waals surface area contributed by atoms with Gasteiger partial charge in [-0.15, -0.1) is 11.8 Å². The predicted octanol–water partition coefficient (Wildman–Crippen LogP) is 4.38. The van der Waals surface area contributed by atoms with Crippen LogP contribution in [-0.2, 0) is 4.79 Å². The molecule has 0 spiro atoms. The summed E-state index contributed by atoms with van der Waals surface area (Å²) in [7, 11) is 1.43. The molecule has 6 nitrogen and oxygen atoms in total. The number of ether oxygens (including phenoxy) is 1. The molecule has 0 aliphatic heterocycles. The van der Waals surface area contributed by atoms with Crippen molar-refractivity contribution in [3.63, 3.8) is 0 Å². The summed E-state index contributed by atoms with van der Waals surface area (Å²) in [5.41, 5.74) is 0.126. The number of carbonyl (C=O) groups is 1. The highest BCUT2D eigenvalue weighted by Crippen LogP contribution is 2.32. The van der Waals surface area contributed by atoms with E-state index in [0.29, 0.717) is 10.8 Å². The Hall–Kier alpha value is -2.25. The second kappa shape index (κ2) is 8.03. The third-order valence-electron chi connectivity index (χ3n) is 3.16. The SMILES string of the molecule is COc1ccc([N+](=O)[O-])cc1NC(=O)C(C)Sc1ccccc1Cl. The van der Waals surface area contributed by atoms with Crippen LogP contribution in [0.4, 0.5) is 11.4 Å². The van der Waals surface area contributed by atoms with Gasteiger partial charge in [-0.05, 0) is 25.1 Å². The minimum absolute atomic E-state index is 0.127. The van der Waals surface area contributed by atoms with E-state index in [-0.39, 0.29) is 17.3 Å². The van der Waals surface area contributed by atoms with E-state index in [9.17, 15) is 14.9 Å². The van der Waals surface area contributed by atoms with E-state index >= 15 is 0 Å². The molecule has 2 aromatic carbocycles. The monoisotopic (exact) mass is 366 g/mol. The number of anilines is 1. The van der Waals surface area contributed by atoms with Crippen molar-refractivity contribution in [1.82, 2.24) is 0 Å². The molecular weight excluding hydrogens is 352 g/mol. The average molecular weight is 367 g/mol. The minimum atomic E-state index is -0.531. The van der Waals surface area contributed by atoms with Crippen molar-refractivity contribution in [3.8, 4) is 5.75 Å². The van der Waals surface area contributed by atoms with Crippen LogP contribution >= 0.6 is 23.4 Å². The molecule has 24 heavy (non-hydrogen) atoms. The smallest absolute Gasteiger partial charge is 0.271 e. The highest BCUT2D eigenvalue weighted by Gasteiger charge is 2.19. The molecule has 0 saturated heterocycles. The third kappa shape index (κ3) is 4.39. The van der Waals surface area contributed by atoms with Gasteiger partial charge >= 0.3 is 0 Å². The number of nitro benzene ring substituents is 1.